The summed E-state index contributed by atoms with van der Waals surface area (Å²) in [6, 6.07) is 8.90. The fourth-order valence-corrected chi connectivity index (χ4v) is 4.01. The number of urea groups is 1. The molecular weight excluding hydrogens is 439 g/mol. The molecule has 4 rings (SSSR count). The van der Waals surface area contributed by atoms with Gasteiger partial charge in [-0.15, -0.1) is 0 Å². The third-order valence-corrected chi connectivity index (χ3v) is 6.03. The number of pyridine rings is 1. The molecule has 11 heteroatoms. The van der Waals surface area contributed by atoms with E-state index in [0.717, 1.165) is 12.3 Å². The van der Waals surface area contributed by atoms with Crippen LogP contribution in [0.1, 0.15) is 18.1 Å². The lowest BCUT2D eigenvalue weighted by Gasteiger charge is -2.36. The Labute approximate surface area is 188 Å². The normalized spacial score (nSPS) is 22.0. The summed E-state index contributed by atoms with van der Waals surface area (Å²) in [7, 11) is 1.53. The van der Waals surface area contributed by atoms with Crippen molar-refractivity contribution in [2.24, 2.45) is 0 Å². The molecule has 0 bridgehead atoms. The Bertz CT molecular complexity index is 1040. The monoisotopic (exact) mass is 463 g/mol. The van der Waals surface area contributed by atoms with Crippen molar-refractivity contribution in [3.63, 3.8) is 0 Å². The molecule has 0 unspecified atom stereocenters. The first kappa shape index (κ1) is 22.8. The molecule has 2 saturated heterocycles. The van der Waals surface area contributed by atoms with Gasteiger partial charge in [-0.1, -0.05) is 12.1 Å². The molecule has 1 atom stereocenters. The second kappa shape index (κ2) is 8.54. The Morgan fingerprint density at radius 1 is 1.12 bits per heavy atom. The number of nitrogens with zero attached hydrogens (tertiary/aromatic N) is 4. The molecule has 3 amide bonds. The van der Waals surface area contributed by atoms with Gasteiger partial charge in [-0.3, -0.25) is 9.69 Å². The van der Waals surface area contributed by atoms with Crippen LogP contribution in [-0.2, 0) is 16.5 Å². The summed E-state index contributed by atoms with van der Waals surface area (Å²) in [5.74, 6) is 0.693. The van der Waals surface area contributed by atoms with Gasteiger partial charge >= 0.3 is 12.2 Å². The number of piperazine rings is 1. The van der Waals surface area contributed by atoms with Gasteiger partial charge in [0.2, 0.25) is 0 Å². The van der Waals surface area contributed by atoms with E-state index in [1.807, 2.05) is 9.80 Å². The van der Waals surface area contributed by atoms with Crippen LogP contribution in [0.3, 0.4) is 0 Å². The number of aromatic nitrogens is 1. The summed E-state index contributed by atoms with van der Waals surface area (Å²) in [6.07, 6.45) is -3.60. The van der Waals surface area contributed by atoms with Crippen molar-refractivity contribution in [2.75, 3.05) is 44.9 Å². The Hall–Kier alpha value is -3.34. The standard InChI is InChI=1S/C22H24F3N5O3/c1-21(15-4-3-5-17(12-15)33-2)19(31)30(20(32)27-21)14-28-8-10-29(11-9-28)18-7-6-16(13-26-18)22(23,24)25/h3-7,12-13H,8-11,14H2,1-2H3,(H,27,32)/t21-/m1/s1. The molecule has 176 valence electrons. The molecule has 0 aliphatic carbocycles. The molecule has 1 aromatic heterocycles. The third-order valence-electron chi connectivity index (χ3n) is 6.03. The van der Waals surface area contributed by atoms with Crippen LogP contribution in [0.15, 0.2) is 42.6 Å². The van der Waals surface area contributed by atoms with Crippen LogP contribution in [0.25, 0.3) is 0 Å². The van der Waals surface area contributed by atoms with E-state index in [1.54, 1.807) is 31.2 Å². The van der Waals surface area contributed by atoms with E-state index in [0.29, 0.717) is 43.3 Å². The summed E-state index contributed by atoms with van der Waals surface area (Å²) in [5.41, 5.74) is -1.36. The van der Waals surface area contributed by atoms with Gasteiger partial charge in [0, 0.05) is 32.4 Å². The zero-order chi connectivity index (χ0) is 23.8. The Balaban J connectivity index is 1.38. The van der Waals surface area contributed by atoms with Gasteiger partial charge in [-0.05, 0) is 36.8 Å². The number of imide groups is 1. The lowest BCUT2D eigenvalue weighted by atomic mass is 9.92. The number of alkyl halides is 3. The lowest BCUT2D eigenvalue weighted by Crippen LogP contribution is -2.51. The van der Waals surface area contributed by atoms with Gasteiger partial charge in [-0.2, -0.15) is 13.2 Å². The van der Waals surface area contributed by atoms with Gasteiger partial charge in [-0.25, -0.2) is 14.7 Å². The smallest absolute Gasteiger partial charge is 0.417 e. The number of carbonyl (C=O) groups excluding carboxylic acids is 2. The van der Waals surface area contributed by atoms with Crippen LogP contribution in [0.5, 0.6) is 5.75 Å². The van der Waals surface area contributed by atoms with Crippen molar-refractivity contribution in [2.45, 2.75) is 18.6 Å². The summed E-state index contributed by atoms with van der Waals surface area (Å²) >= 11 is 0. The van der Waals surface area contributed by atoms with E-state index in [4.69, 9.17) is 4.74 Å². The summed E-state index contributed by atoms with van der Waals surface area (Å²) in [5, 5.41) is 2.78. The van der Waals surface area contributed by atoms with Gasteiger partial charge in [0.05, 0.1) is 19.3 Å². The minimum absolute atomic E-state index is 0.124. The molecular formula is C22H24F3N5O3. The molecule has 2 fully saturated rings. The molecule has 33 heavy (non-hydrogen) atoms. The highest BCUT2D eigenvalue weighted by atomic mass is 19.4. The van der Waals surface area contributed by atoms with Crippen molar-refractivity contribution < 1.29 is 27.5 Å². The molecule has 2 aliphatic rings. The van der Waals surface area contributed by atoms with Crippen molar-refractivity contribution >= 4 is 17.8 Å². The second-order valence-electron chi connectivity index (χ2n) is 8.17. The largest absolute Gasteiger partial charge is 0.497 e. The minimum atomic E-state index is -4.42. The van der Waals surface area contributed by atoms with Crippen LogP contribution in [0, 0.1) is 0 Å². The van der Waals surface area contributed by atoms with E-state index in [-0.39, 0.29) is 12.6 Å². The molecule has 1 aromatic carbocycles. The number of anilines is 1. The van der Waals surface area contributed by atoms with Crippen LogP contribution in [0.2, 0.25) is 0 Å². The van der Waals surface area contributed by atoms with Crippen molar-refractivity contribution in [1.82, 2.24) is 20.1 Å². The fraction of sp³-hybridized carbons (Fsp3) is 0.409. The molecule has 0 radical (unpaired) electrons. The van der Waals surface area contributed by atoms with Crippen molar-refractivity contribution in [3.05, 3.63) is 53.7 Å². The highest BCUT2D eigenvalue weighted by molar-refractivity contribution is 6.07. The van der Waals surface area contributed by atoms with Gasteiger partial charge in [0.25, 0.3) is 5.91 Å². The number of rotatable bonds is 5. The molecule has 2 aliphatic heterocycles. The number of halogens is 3. The van der Waals surface area contributed by atoms with E-state index in [1.165, 1.54) is 18.1 Å². The van der Waals surface area contributed by atoms with E-state index < -0.39 is 23.3 Å². The first-order chi connectivity index (χ1) is 15.6. The average molecular weight is 463 g/mol. The maximum Gasteiger partial charge on any atom is 0.417 e. The van der Waals surface area contributed by atoms with Gasteiger partial charge in [0.15, 0.2) is 0 Å². The first-order valence-electron chi connectivity index (χ1n) is 10.4. The number of amides is 3. The number of carbonyl (C=O) groups is 2. The minimum Gasteiger partial charge on any atom is -0.497 e. The number of nitrogens with one attached hydrogen (secondary N) is 1. The zero-order valence-electron chi connectivity index (χ0n) is 18.2. The predicted octanol–water partition coefficient (Wildman–Crippen LogP) is 2.66. The highest BCUT2D eigenvalue weighted by Gasteiger charge is 2.49. The predicted molar refractivity (Wildman–Crippen MR) is 114 cm³/mol. The Kier molecular flexibility index (Phi) is 5.91. The summed E-state index contributed by atoms with van der Waals surface area (Å²) in [6.45, 7) is 3.85. The molecule has 0 saturated carbocycles. The number of ether oxygens (including phenoxy) is 1. The maximum atomic E-state index is 13.2. The third kappa shape index (κ3) is 4.45. The van der Waals surface area contributed by atoms with Crippen LogP contribution in [-0.4, -0.2) is 66.7 Å². The number of hydrogen-bond donors (Lipinski definition) is 1. The number of hydrogen-bond acceptors (Lipinski definition) is 6. The molecule has 2 aromatic rings. The van der Waals surface area contributed by atoms with Crippen LogP contribution < -0.4 is 15.0 Å². The van der Waals surface area contributed by atoms with Crippen molar-refractivity contribution in [1.29, 1.82) is 0 Å². The maximum absolute atomic E-state index is 13.2. The van der Waals surface area contributed by atoms with Gasteiger partial charge < -0.3 is 15.0 Å². The molecule has 1 N–H and O–H groups in total. The van der Waals surface area contributed by atoms with Crippen LogP contribution in [0.4, 0.5) is 23.8 Å². The highest BCUT2D eigenvalue weighted by Crippen LogP contribution is 2.32. The quantitative estimate of drug-likeness (QED) is 0.687. The van der Waals surface area contributed by atoms with E-state index >= 15 is 0 Å². The average Bonchev–Trinajstić information content (AvgIpc) is 3.03. The SMILES string of the molecule is COc1cccc([C@@]2(C)NC(=O)N(CN3CCN(c4ccc(C(F)(F)F)cn4)CC3)C2=O)c1. The zero-order valence-corrected chi connectivity index (χ0v) is 18.2. The van der Waals surface area contributed by atoms with E-state index in [2.05, 4.69) is 10.3 Å². The van der Waals surface area contributed by atoms with Crippen molar-refractivity contribution in [3.8, 4) is 5.75 Å². The molecule has 8 nitrogen and oxygen atoms in total. The first-order valence-corrected chi connectivity index (χ1v) is 10.4. The number of benzene rings is 1. The fourth-order valence-electron chi connectivity index (χ4n) is 4.01. The van der Waals surface area contributed by atoms with Gasteiger partial charge in [0.1, 0.15) is 17.1 Å². The summed E-state index contributed by atoms with van der Waals surface area (Å²) < 4.78 is 43.4. The molecule has 3 heterocycles. The molecule has 0 spiro atoms. The number of methoxy groups -OCH3 is 1. The Morgan fingerprint density at radius 3 is 2.45 bits per heavy atom. The van der Waals surface area contributed by atoms with Crippen LogP contribution >= 0.6 is 0 Å². The summed E-state index contributed by atoms with van der Waals surface area (Å²) in [4.78, 5) is 34.8. The lowest BCUT2D eigenvalue weighted by molar-refractivity contribution is -0.137. The second-order valence-corrected chi connectivity index (χ2v) is 8.17. The topological polar surface area (TPSA) is 78.0 Å². The van der Waals surface area contributed by atoms with E-state index in [9.17, 15) is 22.8 Å². The Morgan fingerprint density at radius 2 is 1.85 bits per heavy atom.